The lowest BCUT2D eigenvalue weighted by atomic mass is 10.1. The van der Waals surface area contributed by atoms with Crippen LogP contribution in [0.15, 0.2) is 12.1 Å². The molecule has 0 heterocycles. The molecule has 0 aliphatic rings. The zero-order valence-corrected chi connectivity index (χ0v) is 11.3. The molecule has 104 valence electrons. The van der Waals surface area contributed by atoms with Gasteiger partial charge in [0.1, 0.15) is 17.1 Å². The molecule has 0 spiro atoms. The van der Waals surface area contributed by atoms with E-state index in [1.54, 1.807) is 6.92 Å². The van der Waals surface area contributed by atoms with Gasteiger partial charge in [0.15, 0.2) is 0 Å². The molecule has 0 aromatic heterocycles. The summed E-state index contributed by atoms with van der Waals surface area (Å²) in [5.41, 5.74) is 0.365. The maximum atomic E-state index is 11.9. The fourth-order valence-electron chi connectivity index (χ4n) is 1.55. The van der Waals surface area contributed by atoms with E-state index in [9.17, 15) is 9.59 Å². The highest BCUT2D eigenvalue weighted by molar-refractivity contribution is 5.99. The van der Waals surface area contributed by atoms with Crippen LogP contribution in [0.3, 0.4) is 0 Å². The van der Waals surface area contributed by atoms with E-state index in [0.29, 0.717) is 0 Å². The zero-order valence-electron chi connectivity index (χ0n) is 11.3. The van der Waals surface area contributed by atoms with Crippen LogP contribution in [0.2, 0.25) is 0 Å². The minimum atomic E-state index is -0.576. The molecule has 19 heavy (non-hydrogen) atoms. The Kier molecular flexibility index (Phi) is 5.17. The van der Waals surface area contributed by atoms with Crippen LogP contribution in [-0.4, -0.2) is 39.9 Å². The topological polar surface area (TPSA) is 71.1 Å². The average molecular weight is 268 g/mol. The van der Waals surface area contributed by atoms with Crippen molar-refractivity contribution in [1.82, 2.24) is 0 Å². The van der Waals surface area contributed by atoms with E-state index in [-0.39, 0.29) is 29.2 Å². The summed E-state index contributed by atoms with van der Waals surface area (Å²) in [5.74, 6) is -0.740. The molecular weight excluding hydrogens is 252 g/mol. The van der Waals surface area contributed by atoms with Crippen LogP contribution < -0.4 is 9.47 Å². The third-order valence-electron chi connectivity index (χ3n) is 2.41. The number of benzene rings is 1. The number of rotatable bonds is 5. The van der Waals surface area contributed by atoms with Crippen LogP contribution in [0.5, 0.6) is 11.5 Å². The first-order valence-electron chi connectivity index (χ1n) is 5.60. The van der Waals surface area contributed by atoms with Crippen LogP contribution in [0.4, 0.5) is 0 Å². The standard InChI is InChI=1S/C13H16O6/c1-5-19-13(15)11-9(16-2)6-8(12(14)18-4)7-10(11)17-3/h6-7H,5H2,1-4H3. The summed E-state index contributed by atoms with van der Waals surface area (Å²) in [6.45, 7) is 1.92. The molecule has 0 amide bonds. The summed E-state index contributed by atoms with van der Waals surface area (Å²) in [6.07, 6.45) is 0. The Morgan fingerprint density at radius 3 is 1.89 bits per heavy atom. The monoisotopic (exact) mass is 268 g/mol. The molecule has 0 unspecified atom stereocenters. The molecule has 0 saturated heterocycles. The number of ether oxygens (including phenoxy) is 4. The van der Waals surface area contributed by atoms with Gasteiger partial charge >= 0.3 is 11.9 Å². The third kappa shape index (κ3) is 3.15. The molecule has 0 fully saturated rings. The maximum absolute atomic E-state index is 11.9. The lowest BCUT2D eigenvalue weighted by Gasteiger charge is -2.13. The third-order valence-corrected chi connectivity index (χ3v) is 2.41. The van der Waals surface area contributed by atoms with Gasteiger partial charge in [-0.2, -0.15) is 0 Å². The number of esters is 2. The van der Waals surface area contributed by atoms with Crippen LogP contribution >= 0.6 is 0 Å². The summed E-state index contributed by atoms with van der Waals surface area (Å²) in [4.78, 5) is 23.4. The lowest BCUT2D eigenvalue weighted by molar-refractivity contribution is 0.0515. The number of hydrogen-bond acceptors (Lipinski definition) is 6. The Hall–Kier alpha value is -2.24. The van der Waals surface area contributed by atoms with E-state index in [1.165, 1.54) is 33.5 Å². The van der Waals surface area contributed by atoms with Gasteiger partial charge in [0.2, 0.25) is 0 Å². The van der Waals surface area contributed by atoms with Crippen LogP contribution in [0.25, 0.3) is 0 Å². The zero-order chi connectivity index (χ0) is 14.4. The highest BCUT2D eigenvalue weighted by atomic mass is 16.5. The summed E-state index contributed by atoms with van der Waals surface area (Å²) >= 11 is 0. The van der Waals surface area contributed by atoms with Gasteiger partial charge in [-0.25, -0.2) is 9.59 Å². The van der Waals surface area contributed by atoms with Crippen molar-refractivity contribution < 1.29 is 28.5 Å². The lowest BCUT2D eigenvalue weighted by Crippen LogP contribution is -2.11. The Morgan fingerprint density at radius 2 is 1.53 bits per heavy atom. The molecule has 0 radical (unpaired) electrons. The first-order chi connectivity index (χ1) is 9.08. The van der Waals surface area contributed by atoms with E-state index in [4.69, 9.17) is 14.2 Å². The minimum absolute atomic E-state index is 0.138. The van der Waals surface area contributed by atoms with E-state index < -0.39 is 11.9 Å². The highest BCUT2D eigenvalue weighted by Gasteiger charge is 2.23. The van der Waals surface area contributed by atoms with Crippen LogP contribution in [-0.2, 0) is 9.47 Å². The average Bonchev–Trinajstić information content (AvgIpc) is 2.44. The molecule has 1 aromatic rings. The van der Waals surface area contributed by atoms with Gasteiger partial charge in [0.05, 0.1) is 33.5 Å². The molecule has 0 atom stereocenters. The second kappa shape index (κ2) is 6.63. The van der Waals surface area contributed by atoms with Gasteiger partial charge < -0.3 is 18.9 Å². The summed E-state index contributed by atoms with van der Waals surface area (Å²) in [6, 6.07) is 2.81. The van der Waals surface area contributed by atoms with Crippen molar-refractivity contribution in [1.29, 1.82) is 0 Å². The molecule has 1 rings (SSSR count). The first-order valence-corrected chi connectivity index (χ1v) is 5.60. The molecule has 0 aliphatic carbocycles. The van der Waals surface area contributed by atoms with Crippen molar-refractivity contribution in [2.24, 2.45) is 0 Å². The van der Waals surface area contributed by atoms with Gasteiger partial charge in [0, 0.05) is 0 Å². The van der Waals surface area contributed by atoms with Crippen molar-refractivity contribution >= 4 is 11.9 Å². The molecular formula is C13H16O6. The number of hydrogen-bond donors (Lipinski definition) is 0. The van der Waals surface area contributed by atoms with Crippen LogP contribution in [0.1, 0.15) is 27.6 Å². The van der Waals surface area contributed by atoms with Crippen molar-refractivity contribution in [2.45, 2.75) is 6.92 Å². The second-order valence-electron chi connectivity index (χ2n) is 3.47. The Labute approximate surface area is 111 Å². The summed E-state index contributed by atoms with van der Waals surface area (Å²) in [5, 5.41) is 0. The minimum Gasteiger partial charge on any atom is -0.496 e. The molecule has 6 nitrogen and oxygen atoms in total. The predicted octanol–water partition coefficient (Wildman–Crippen LogP) is 1.67. The van der Waals surface area contributed by atoms with Gasteiger partial charge in [-0.15, -0.1) is 0 Å². The molecule has 6 heteroatoms. The summed E-state index contributed by atoms with van der Waals surface area (Å²) < 4.78 is 19.7. The normalized spacial score (nSPS) is 9.68. The predicted molar refractivity (Wildman–Crippen MR) is 66.8 cm³/mol. The first kappa shape index (κ1) is 14.8. The highest BCUT2D eigenvalue weighted by Crippen LogP contribution is 2.31. The second-order valence-corrected chi connectivity index (χ2v) is 3.47. The van der Waals surface area contributed by atoms with E-state index in [1.807, 2.05) is 0 Å². The molecule has 0 N–H and O–H groups in total. The number of carbonyl (C=O) groups excluding carboxylic acids is 2. The maximum Gasteiger partial charge on any atom is 0.345 e. The van der Waals surface area contributed by atoms with Crippen LogP contribution in [0, 0.1) is 0 Å². The van der Waals surface area contributed by atoms with Gasteiger partial charge in [-0.05, 0) is 19.1 Å². The van der Waals surface area contributed by atoms with E-state index >= 15 is 0 Å². The fraction of sp³-hybridized carbons (Fsp3) is 0.385. The largest absolute Gasteiger partial charge is 0.496 e. The Morgan fingerprint density at radius 1 is 1.00 bits per heavy atom. The van der Waals surface area contributed by atoms with E-state index in [2.05, 4.69) is 4.74 Å². The van der Waals surface area contributed by atoms with Gasteiger partial charge in [-0.1, -0.05) is 0 Å². The van der Waals surface area contributed by atoms with E-state index in [0.717, 1.165) is 0 Å². The number of carbonyl (C=O) groups is 2. The Bertz CT molecular complexity index is 455. The molecule has 1 aromatic carbocycles. The van der Waals surface area contributed by atoms with Crippen molar-refractivity contribution in [3.63, 3.8) is 0 Å². The summed E-state index contributed by atoms with van der Waals surface area (Å²) in [7, 11) is 4.04. The Balaban J connectivity index is 3.37. The van der Waals surface area contributed by atoms with Gasteiger partial charge in [0.25, 0.3) is 0 Å². The molecule has 0 aliphatic heterocycles. The van der Waals surface area contributed by atoms with Crippen molar-refractivity contribution in [2.75, 3.05) is 27.9 Å². The smallest absolute Gasteiger partial charge is 0.345 e. The fourth-order valence-corrected chi connectivity index (χ4v) is 1.55. The molecule has 0 saturated carbocycles. The van der Waals surface area contributed by atoms with Crippen molar-refractivity contribution in [3.8, 4) is 11.5 Å². The SMILES string of the molecule is CCOC(=O)c1c(OC)cc(C(=O)OC)cc1OC. The van der Waals surface area contributed by atoms with Crippen molar-refractivity contribution in [3.05, 3.63) is 23.3 Å². The quantitative estimate of drug-likeness (QED) is 0.756. The number of methoxy groups -OCH3 is 3. The van der Waals surface area contributed by atoms with Gasteiger partial charge in [-0.3, -0.25) is 0 Å². The molecule has 0 bridgehead atoms.